The molecule has 1 unspecified atom stereocenters. The molecule has 0 bridgehead atoms. The predicted molar refractivity (Wildman–Crippen MR) is 86.9 cm³/mol. The van der Waals surface area contributed by atoms with Crippen LogP contribution < -0.4 is 5.32 Å². The van der Waals surface area contributed by atoms with Gasteiger partial charge in [-0.1, -0.05) is 48.5 Å². The Hall–Kier alpha value is -2.69. The molecule has 3 rings (SSSR count). The number of nitro groups is 1. The van der Waals surface area contributed by atoms with E-state index in [0.29, 0.717) is 11.5 Å². The topological polar surface area (TPSA) is 72.2 Å². The minimum atomic E-state index is -0.446. The molecule has 2 aromatic carbocycles. The summed E-state index contributed by atoms with van der Waals surface area (Å²) >= 11 is 0. The van der Waals surface area contributed by atoms with Crippen molar-refractivity contribution in [2.24, 2.45) is 5.92 Å². The fraction of sp³-hybridized carbons (Fsp3) is 0.278. The van der Waals surface area contributed by atoms with Crippen LogP contribution in [0.3, 0.4) is 0 Å². The molecule has 0 heterocycles. The van der Waals surface area contributed by atoms with E-state index in [-0.39, 0.29) is 24.1 Å². The van der Waals surface area contributed by atoms with Crippen LogP contribution in [0.4, 0.5) is 5.69 Å². The lowest BCUT2D eigenvalue weighted by Crippen LogP contribution is -2.31. The van der Waals surface area contributed by atoms with Gasteiger partial charge in [0, 0.05) is 11.6 Å². The van der Waals surface area contributed by atoms with Crippen molar-refractivity contribution in [3.63, 3.8) is 0 Å². The van der Waals surface area contributed by atoms with E-state index in [4.69, 9.17) is 0 Å². The van der Waals surface area contributed by atoms with Crippen LogP contribution >= 0.6 is 0 Å². The zero-order valence-electron chi connectivity index (χ0n) is 12.6. The summed E-state index contributed by atoms with van der Waals surface area (Å²) in [4.78, 5) is 23.0. The van der Waals surface area contributed by atoms with Gasteiger partial charge in [-0.3, -0.25) is 14.9 Å². The molecule has 23 heavy (non-hydrogen) atoms. The summed E-state index contributed by atoms with van der Waals surface area (Å²) in [6.07, 6.45) is 2.23. The second-order valence-corrected chi connectivity index (χ2v) is 5.86. The number of hydrogen-bond acceptors (Lipinski definition) is 3. The number of benzene rings is 2. The second kappa shape index (κ2) is 6.60. The highest BCUT2D eigenvalue weighted by Crippen LogP contribution is 2.41. The molecular weight excluding hydrogens is 292 g/mol. The SMILES string of the molecule is O=C(Cc1ccccc1[N+](=O)[O-])NC(c1ccccc1)C1CC1. The smallest absolute Gasteiger partial charge is 0.273 e. The third-order valence-electron chi connectivity index (χ3n) is 4.11. The number of nitrogens with zero attached hydrogens (tertiary/aromatic N) is 1. The molecule has 1 aliphatic rings. The first-order chi connectivity index (χ1) is 11.1. The van der Waals surface area contributed by atoms with Crippen molar-refractivity contribution in [1.29, 1.82) is 0 Å². The van der Waals surface area contributed by atoms with Crippen LogP contribution in [0, 0.1) is 16.0 Å². The molecule has 1 N–H and O–H groups in total. The number of carbonyl (C=O) groups is 1. The van der Waals surface area contributed by atoms with Gasteiger partial charge >= 0.3 is 0 Å². The first-order valence-corrected chi connectivity index (χ1v) is 7.72. The number of amides is 1. The molecule has 2 aromatic rings. The normalized spacial score (nSPS) is 15.0. The molecule has 0 aliphatic heterocycles. The van der Waals surface area contributed by atoms with E-state index in [1.54, 1.807) is 18.2 Å². The quantitative estimate of drug-likeness (QED) is 0.656. The van der Waals surface area contributed by atoms with Crippen LogP contribution in [0.5, 0.6) is 0 Å². The number of nitrogens with one attached hydrogen (secondary N) is 1. The van der Waals surface area contributed by atoms with Crippen molar-refractivity contribution >= 4 is 11.6 Å². The molecule has 0 radical (unpaired) electrons. The largest absolute Gasteiger partial charge is 0.349 e. The summed E-state index contributed by atoms with van der Waals surface area (Å²) in [6, 6.07) is 16.3. The molecule has 1 aliphatic carbocycles. The molecule has 1 atom stereocenters. The number of nitro benzene ring substituents is 1. The highest BCUT2D eigenvalue weighted by Gasteiger charge is 2.33. The predicted octanol–water partition coefficient (Wildman–Crippen LogP) is 3.40. The number of hydrogen-bond donors (Lipinski definition) is 1. The summed E-state index contributed by atoms with van der Waals surface area (Å²) < 4.78 is 0. The van der Waals surface area contributed by atoms with Crippen molar-refractivity contribution in [2.75, 3.05) is 0 Å². The lowest BCUT2D eigenvalue weighted by atomic mass is 10.0. The summed E-state index contributed by atoms with van der Waals surface area (Å²) in [7, 11) is 0. The van der Waals surface area contributed by atoms with Crippen molar-refractivity contribution in [3.8, 4) is 0 Å². The van der Waals surface area contributed by atoms with Crippen molar-refractivity contribution in [2.45, 2.75) is 25.3 Å². The van der Waals surface area contributed by atoms with E-state index in [1.165, 1.54) is 6.07 Å². The average Bonchev–Trinajstić information content (AvgIpc) is 3.38. The summed E-state index contributed by atoms with van der Waals surface area (Å²) in [5, 5.41) is 14.1. The van der Waals surface area contributed by atoms with Crippen LogP contribution in [-0.2, 0) is 11.2 Å². The van der Waals surface area contributed by atoms with Gasteiger partial charge < -0.3 is 5.32 Å². The first-order valence-electron chi connectivity index (χ1n) is 7.72. The van der Waals surface area contributed by atoms with E-state index < -0.39 is 4.92 Å². The van der Waals surface area contributed by atoms with E-state index in [2.05, 4.69) is 5.32 Å². The molecule has 1 fully saturated rings. The van der Waals surface area contributed by atoms with Gasteiger partial charge in [0.15, 0.2) is 0 Å². The molecule has 1 amide bonds. The molecule has 118 valence electrons. The maximum Gasteiger partial charge on any atom is 0.273 e. The third kappa shape index (κ3) is 3.74. The minimum absolute atomic E-state index is 0.00790. The Balaban J connectivity index is 1.72. The van der Waals surface area contributed by atoms with E-state index in [1.807, 2.05) is 30.3 Å². The molecule has 5 nitrogen and oxygen atoms in total. The zero-order valence-corrected chi connectivity index (χ0v) is 12.6. The van der Waals surface area contributed by atoms with Gasteiger partial charge in [0.2, 0.25) is 5.91 Å². The summed E-state index contributed by atoms with van der Waals surface area (Å²) in [5.41, 5.74) is 1.52. The molecule has 0 saturated heterocycles. The monoisotopic (exact) mass is 310 g/mol. The Morgan fingerprint density at radius 3 is 2.43 bits per heavy atom. The Labute approximate surface area is 134 Å². The fourth-order valence-corrected chi connectivity index (χ4v) is 2.80. The van der Waals surface area contributed by atoms with Gasteiger partial charge in [-0.15, -0.1) is 0 Å². The highest BCUT2D eigenvalue weighted by atomic mass is 16.6. The van der Waals surface area contributed by atoms with Crippen molar-refractivity contribution < 1.29 is 9.72 Å². The molecule has 1 saturated carbocycles. The Morgan fingerprint density at radius 2 is 1.78 bits per heavy atom. The standard InChI is InChI=1S/C18H18N2O3/c21-17(12-15-8-4-5-9-16(15)20(22)23)19-18(14-10-11-14)13-6-2-1-3-7-13/h1-9,14,18H,10-12H2,(H,19,21). The Kier molecular flexibility index (Phi) is 4.37. The summed E-state index contributed by atoms with van der Waals surface area (Å²) in [5.74, 6) is 0.284. The maximum absolute atomic E-state index is 12.4. The Morgan fingerprint density at radius 1 is 1.13 bits per heavy atom. The maximum atomic E-state index is 12.4. The van der Waals surface area contributed by atoms with Gasteiger partial charge in [-0.05, 0) is 24.3 Å². The average molecular weight is 310 g/mol. The third-order valence-corrected chi connectivity index (χ3v) is 4.11. The van der Waals surface area contributed by atoms with Crippen molar-refractivity contribution in [1.82, 2.24) is 5.32 Å². The number of rotatable bonds is 6. The van der Waals surface area contributed by atoms with Gasteiger partial charge in [-0.2, -0.15) is 0 Å². The van der Waals surface area contributed by atoms with Gasteiger partial charge in [0.1, 0.15) is 0 Å². The van der Waals surface area contributed by atoms with Gasteiger partial charge in [0.05, 0.1) is 17.4 Å². The van der Waals surface area contributed by atoms with E-state index >= 15 is 0 Å². The first kappa shape index (κ1) is 15.2. The Bertz CT molecular complexity index is 711. The van der Waals surface area contributed by atoms with Crippen LogP contribution in [0.15, 0.2) is 54.6 Å². The highest BCUT2D eigenvalue weighted by molar-refractivity contribution is 5.80. The van der Waals surface area contributed by atoms with Crippen LogP contribution in [-0.4, -0.2) is 10.8 Å². The lowest BCUT2D eigenvalue weighted by Gasteiger charge is -2.18. The van der Waals surface area contributed by atoms with Crippen LogP contribution in [0.25, 0.3) is 0 Å². The molecule has 0 aromatic heterocycles. The van der Waals surface area contributed by atoms with Crippen LogP contribution in [0.1, 0.15) is 30.0 Å². The molecule has 0 spiro atoms. The van der Waals surface area contributed by atoms with E-state index in [0.717, 1.165) is 18.4 Å². The molecular formula is C18H18N2O3. The van der Waals surface area contributed by atoms with Crippen LogP contribution in [0.2, 0.25) is 0 Å². The second-order valence-electron chi connectivity index (χ2n) is 5.86. The lowest BCUT2D eigenvalue weighted by molar-refractivity contribution is -0.385. The van der Waals surface area contributed by atoms with Gasteiger partial charge in [-0.25, -0.2) is 0 Å². The minimum Gasteiger partial charge on any atom is -0.349 e. The van der Waals surface area contributed by atoms with Crippen molar-refractivity contribution in [3.05, 3.63) is 75.8 Å². The van der Waals surface area contributed by atoms with E-state index in [9.17, 15) is 14.9 Å². The molecule has 5 heteroatoms. The fourth-order valence-electron chi connectivity index (χ4n) is 2.80. The number of carbonyl (C=O) groups excluding carboxylic acids is 1. The van der Waals surface area contributed by atoms with Gasteiger partial charge in [0.25, 0.3) is 5.69 Å². The number of para-hydroxylation sites is 1. The summed E-state index contributed by atoms with van der Waals surface area (Å²) in [6.45, 7) is 0. The zero-order chi connectivity index (χ0) is 16.2.